The lowest BCUT2D eigenvalue weighted by Crippen LogP contribution is -2.44. The molecule has 1 aromatic heterocycles. The van der Waals surface area contributed by atoms with Crippen LogP contribution in [-0.4, -0.2) is 35.7 Å². The van der Waals surface area contributed by atoms with Crippen LogP contribution in [0.25, 0.3) is 0 Å². The number of nitrogens with zero attached hydrogens (tertiary/aromatic N) is 2. The Morgan fingerprint density at radius 1 is 1.28 bits per heavy atom. The zero-order chi connectivity index (χ0) is 17.3. The van der Waals surface area contributed by atoms with E-state index in [0.29, 0.717) is 6.54 Å². The van der Waals surface area contributed by atoms with Crippen LogP contribution in [0.1, 0.15) is 63.1 Å². The molecule has 5 nitrogen and oxygen atoms in total. The van der Waals surface area contributed by atoms with Crippen molar-refractivity contribution in [2.24, 2.45) is 10.4 Å². The summed E-state index contributed by atoms with van der Waals surface area (Å²) in [5.41, 5.74) is 1.26. The van der Waals surface area contributed by atoms with E-state index in [2.05, 4.69) is 39.8 Å². The number of guanidine groups is 1. The van der Waals surface area contributed by atoms with Gasteiger partial charge in [0.1, 0.15) is 0 Å². The minimum Gasteiger partial charge on any atom is -0.396 e. The summed E-state index contributed by atoms with van der Waals surface area (Å²) in [6, 6.07) is 0. The van der Waals surface area contributed by atoms with E-state index in [-0.39, 0.29) is 36.0 Å². The molecule has 144 valence electrons. The molecule has 0 spiro atoms. The third kappa shape index (κ3) is 7.38. The molecular formula is C18H33IN4OS. The van der Waals surface area contributed by atoms with Crippen molar-refractivity contribution in [1.29, 1.82) is 0 Å². The van der Waals surface area contributed by atoms with E-state index in [1.807, 2.05) is 0 Å². The largest absolute Gasteiger partial charge is 0.396 e. The molecule has 0 saturated heterocycles. The molecule has 2 rings (SSSR count). The number of hydrogen-bond donors (Lipinski definition) is 3. The lowest BCUT2D eigenvalue weighted by atomic mass is 9.72. The van der Waals surface area contributed by atoms with E-state index in [0.717, 1.165) is 37.6 Å². The normalized spacial score (nSPS) is 17.0. The summed E-state index contributed by atoms with van der Waals surface area (Å²) >= 11 is 1.71. The number of nitrogens with one attached hydrogen (secondary N) is 2. The maximum absolute atomic E-state index is 9.45. The van der Waals surface area contributed by atoms with Gasteiger partial charge in [-0.05, 0) is 38.0 Å². The summed E-state index contributed by atoms with van der Waals surface area (Å²) in [5, 5.41) is 19.6. The zero-order valence-corrected chi connectivity index (χ0v) is 18.7. The Bertz CT molecular complexity index is 509. The number of hydrogen-bond acceptors (Lipinski definition) is 4. The maximum atomic E-state index is 9.45. The second-order valence-corrected chi connectivity index (χ2v) is 7.61. The molecule has 1 aromatic rings. The molecular weight excluding hydrogens is 447 g/mol. The standard InChI is InChI=1S/C18H32N4OS.HI/c1-3-16-22-15(13-24-16)12-20-17(19-4-2)21-14-18(10-11-23)8-6-5-7-9-18;/h13,23H,3-12,14H2,1-2H3,(H2,19,20,21);1H. The van der Waals surface area contributed by atoms with Gasteiger partial charge in [0.15, 0.2) is 5.96 Å². The van der Waals surface area contributed by atoms with E-state index in [4.69, 9.17) is 0 Å². The second-order valence-electron chi connectivity index (χ2n) is 6.67. The van der Waals surface area contributed by atoms with Crippen molar-refractivity contribution in [3.63, 3.8) is 0 Å². The quantitative estimate of drug-likeness (QED) is 0.302. The predicted molar refractivity (Wildman–Crippen MR) is 117 cm³/mol. The minimum atomic E-state index is 0. The highest BCUT2D eigenvalue weighted by molar-refractivity contribution is 14.0. The average molecular weight is 480 g/mol. The molecule has 1 aliphatic carbocycles. The van der Waals surface area contributed by atoms with Crippen molar-refractivity contribution in [3.8, 4) is 0 Å². The van der Waals surface area contributed by atoms with Gasteiger partial charge in [-0.3, -0.25) is 0 Å². The zero-order valence-electron chi connectivity index (χ0n) is 15.5. The van der Waals surface area contributed by atoms with Crippen LogP contribution in [0.15, 0.2) is 10.4 Å². The highest BCUT2D eigenvalue weighted by Gasteiger charge is 2.31. The van der Waals surface area contributed by atoms with Gasteiger partial charge < -0.3 is 15.7 Å². The van der Waals surface area contributed by atoms with Crippen molar-refractivity contribution >= 4 is 41.3 Å². The van der Waals surface area contributed by atoms with E-state index >= 15 is 0 Å². The third-order valence-electron chi connectivity index (χ3n) is 4.83. The number of aromatic nitrogens is 1. The molecule has 25 heavy (non-hydrogen) atoms. The SMILES string of the molecule is CCNC(=NCc1csc(CC)n1)NCC1(CCO)CCCCC1.I. The van der Waals surface area contributed by atoms with E-state index in [1.165, 1.54) is 37.1 Å². The topological polar surface area (TPSA) is 69.5 Å². The Morgan fingerprint density at radius 2 is 2.04 bits per heavy atom. The molecule has 0 amide bonds. The maximum Gasteiger partial charge on any atom is 0.191 e. The van der Waals surface area contributed by atoms with E-state index in [1.54, 1.807) is 11.3 Å². The van der Waals surface area contributed by atoms with Crippen LogP contribution in [0, 0.1) is 5.41 Å². The van der Waals surface area contributed by atoms with Crippen LogP contribution in [0.5, 0.6) is 0 Å². The number of aryl methyl sites for hydroxylation is 1. The van der Waals surface area contributed by atoms with Crippen LogP contribution in [0.4, 0.5) is 0 Å². The van der Waals surface area contributed by atoms with Gasteiger partial charge in [-0.2, -0.15) is 0 Å². The fourth-order valence-corrected chi connectivity index (χ4v) is 4.15. The Balaban J connectivity index is 0.00000312. The van der Waals surface area contributed by atoms with Gasteiger partial charge in [0.25, 0.3) is 0 Å². The Labute approximate surface area is 173 Å². The molecule has 0 radical (unpaired) electrons. The van der Waals surface area contributed by atoms with Crippen molar-refractivity contribution in [2.45, 2.75) is 65.3 Å². The van der Waals surface area contributed by atoms with Crippen LogP contribution in [0.3, 0.4) is 0 Å². The molecule has 1 aliphatic rings. The fourth-order valence-electron chi connectivity index (χ4n) is 3.41. The predicted octanol–water partition coefficient (Wildman–Crippen LogP) is 3.71. The summed E-state index contributed by atoms with van der Waals surface area (Å²) in [4.78, 5) is 9.26. The smallest absolute Gasteiger partial charge is 0.191 e. The summed E-state index contributed by atoms with van der Waals surface area (Å²) < 4.78 is 0. The first kappa shape index (κ1) is 22.6. The highest BCUT2D eigenvalue weighted by Crippen LogP contribution is 2.38. The number of halogens is 1. The highest BCUT2D eigenvalue weighted by atomic mass is 127. The Kier molecular flexibility index (Phi) is 10.9. The summed E-state index contributed by atoms with van der Waals surface area (Å²) in [5.74, 6) is 0.853. The van der Waals surface area contributed by atoms with Crippen molar-refractivity contribution in [2.75, 3.05) is 19.7 Å². The lowest BCUT2D eigenvalue weighted by Gasteiger charge is -2.37. The van der Waals surface area contributed by atoms with Crippen molar-refractivity contribution in [3.05, 3.63) is 16.1 Å². The van der Waals surface area contributed by atoms with E-state index < -0.39 is 0 Å². The Hall–Kier alpha value is -0.410. The number of aliphatic hydroxyl groups excluding tert-OH is 1. The third-order valence-corrected chi connectivity index (χ3v) is 5.87. The Morgan fingerprint density at radius 3 is 2.64 bits per heavy atom. The van der Waals surface area contributed by atoms with Crippen molar-refractivity contribution < 1.29 is 5.11 Å². The number of aliphatic imine (C=N–C) groups is 1. The van der Waals surface area contributed by atoms with Gasteiger partial charge in [-0.25, -0.2) is 9.98 Å². The molecule has 1 heterocycles. The molecule has 0 bridgehead atoms. The molecule has 0 aromatic carbocycles. The van der Waals surface area contributed by atoms with Crippen LogP contribution < -0.4 is 10.6 Å². The van der Waals surface area contributed by atoms with E-state index in [9.17, 15) is 5.11 Å². The van der Waals surface area contributed by atoms with Gasteiger partial charge in [-0.1, -0.05) is 26.2 Å². The van der Waals surface area contributed by atoms with Crippen LogP contribution in [0.2, 0.25) is 0 Å². The first-order chi connectivity index (χ1) is 11.7. The minimum absolute atomic E-state index is 0. The molecule has 3 N–H and O–H groups in total. The molecule has 7 heteroatoms. The molecule has 1 saturated carbocycles. The number of rotatable bonds is 8. The van der Waals surface area contributed by atoms with Crippen LogP contribution in [-0.2, 0) is 13.0 Å². The fraction of sp³-hybridized carbons (Fsp3) is 0.778. The van der Waals surface area contributed by atoms with Crippen LogP contribution >= 0.6 is 35.3 Å². The lowest BCUT2D eigenvalue weighted by molar-refractivity contribution is 0.131. The van der Waals surface area contributed by atoms with Gasteiger partial charge in [0.05, 0.1) is 17.2 Å². The summed E-state index contributed by atoms with van der Waals surface area (Å²) in [6.07, 6.45) is 8.13. The number of thiazole rings is 1. The molecule has 0 aliphatic heterocycles. The molecule has 0 atom stereocenters. The van der Waals surface area contributed by atoms with Gasteiger partial charge in [-0.15, -0.1) is 35.3 Å². The second kappa shape index (κ2) is 12.1. The summed E-state index contributed by atoms with van der Waals surface area (Å²) in [7, 11) is 0. The first-order valence-electron chi connectivity index (χ1n) is 9.27. The molecule has 0 unspecified atom stereocenters. The summed E-state index contributed by atoms with van der Waals surface area (Å²) in [6.45, 7) is 6.82. The van der Waals surface area contributed by atoms with Crippen molar-refractivity contribution in [1.82, 2.24) is 15.6 Å². The van der Waals surface area contributed by atoms with Gasteiger partial charge >= 0.3 is 0 Å². The van der Waals surface area contributed by atoms with Gasteiger partial charge in [0.2, 0.25) is 0 Å². The average Bonchev–Trinajstić information content (AvgIpc) is 3.07. The number of aliphatic hydroxyl groups is 1. The monoisotopic (exact) mass is 480 g/mol. The van der Waals surface area contributed by atoms with Gasteiger partial charge in [0, 0.05) is 25.1 Å². The first-order valence-corrected chi connectivity index (χ1v) is 10.2. The molecule has 1 fully saturated rings.